The van der Waals surface area contributed by atoms with E-state index in [1.54, 1.807) is 19.0 Å². The highest BCUT2D eigenvalue weighted by Gasteiger charge is 2.38. The molecular formula is C12H12N4O3S. The molecule has 2 rings (SSSR count). The van der Waals surface area contributed by atoms with Gasteiger partial charge in [0.2, 0.25) is 6.17 Å². The molecule has 0 bridgehead atoms. The molecule has 1 aliphatic heterocycles. The number of likely N-dealkylation sites (N-methyl/N-ethyl adjacent to an activating group) is 2. The van der Waals surface area contributed by atoms with Crippen LogP contribution >= 0.6 is 12.2 Å². The number of carbonyl (C=O) groups is 2. The summed E-state index contributed by atoms with van der Waals surface area (Å²) in [5.74, 6) is -1.26. The van der Waals surface area contributed by atoms with Gasteiger partial charge < -0.3 is 10.0 Å². The highest BCUT2D eigenvalue weighted by Crippen LogP contribution is 2.19. The van der Waals surface area contributed by atoms with Gasteiger partial charge in [0.1, 0.15) is 0 Å². The van der Waals surface area contributed by atoms with Crippen LogP contribution in [-0.4, -0.2) is 52.2 Å². The maximum Gasteiger partial charge on any atom is 0.335 e. The highest BCUT2D eigenvalue weighted by molar-refractivity contribution is 7.80. The standard InChI is InChI=1S/C12H12N4O3S/c1-15-9(10(17)16(2)12(15)20)14-13-8-5-3-7(4-6-8)11(18)19/h3-6,9H,1-2H3,(H,18,19)/t9-/m0/s1. The van der Waals surface area contributed by atoms with Gasteiger partial charge in [0.05, 0.1) is 11.3 Å². The molecule has 0 aliphatic carbocycles. The molecule has 1 atom stereocenters. The van der Waals surface area contributed by atoms with Crippen LogP contribution in [0.15, 0.2) is 34.5 Å². The van der Waals surface area contributed by atoms with E-state index in [0.717, 1.165) is 0 Å². The van der Waals surface area contributed by atoms with Gasteiger partial charge in [-0.15, -0.1) is 0 Å². The first-order valence-corrected chi connectivity index (χ1v) is 6.11. The predicted molar refractivity (Wildman–Crippen MR) is 74.8 cm³/mol. The molecule has 104 valence electrons. The number of hydrogen-bond donors (Lipinski definition) is 1. The van der Waals surface area contributed by atoms with Gasteiger partial charge in [-0.05, 0) is 36.5 Å². The molecular weight excluding hydrogens is 280 g/mol. The van der Waals surface area contributed by atoms with Gasteiger partial charge in [-0.25, -0.2) is 4.79 Å². The van der Waals surface area contributed by atoms with Crippen LogP contribution < -0.4 is 0 Å². The highest BCUT2D eigenvalue weighted by atomic mass is 32.1. The van der Waals surface area contributed by atoms with E-state index >= 15 is 0 Å². The van der Waals surface area contributed by atoms with Crippen molar-refractivity contribution in [3.8, 4) is 0 Å². The van der Waals surface area contributed by atoms with Gasteiger partial charge in [0.15, 0.2) is 5.11 Å². The largest absolute Gasteiger partial charge is 0.478 e. The molecule has 0 radical (unpaired) electrons. The number of thiocarbonyl (C=S) groups is 1. The number of azo groups is 1. The summed E-state index contributed by atoms with van der Waals surface area (Å²) in [5.41, 5.74) is 0.635. The zero-order valence-corrected chi connectivity index (χ0v) is 11.7. The monoisotopic (exact) mass is 292 g/mol. The third-order valence-corrected chi connectivity index (χ3v) is 3.47. The topological polar surface area (TPSA) is 85.6 Å². The molecule has 1 aliphatic rings. The first-order valence-electron chi connectivity index (χ1n) is 5.70. The van der Waals surface area contributed by atoms with Crippen molar-refractivity contribution in [2.45, 2.75) is 6.17 Å². The van der Waals surface area contributed by atoms with Gasteiger partial charge in [-0.1, -0.05) is 0 Å². The molecule has 0 unspecified atom stereocenters. The Hall–Kier alpha value is -2.35. The third-order valence-electron chi connectivity index (χ3n) is 2.90. The quantitative estimate of drug-likeness (QED) is 0.673. The van der Waals surface area contributed by atoms with Crippen LogP contribution in [0.2, 0.25) is 0 Å². The molecule has 1 fully saturated rings. The molecule has 0 aromatic heterocycles. The van der Waals surface area contributed by atoms with Crippen LogP contribution in [0.4, 0.5) is 5.69 Å². The van der Waals surface area contributed by atoms with Crippen molar-refractivity contribution in [2.24, 2.45) is 10.2 Å². The average molecular weight is 292 g/mol. The molecule has 7 nitrogen and oxygen atoms in total. The predicted octanol–water partition coefficient (Wildman–Crippen LogP) is 1.48. The van der Waals surface area contributed by atoms with Gasteiger partial charge in [0.25, 0.3) is 5.91 Å². The molecule has 0 spiro atoms. The Bertz CT molecular complexity index is 599. The van der Waals surface area contributed by atoms with E-state index < -0.39 is 12.1 Å². The summed E-state index contributed by atoms with van der Waals surface area (Å²) in [4.78, 5) is 25.5. The zero-order valence-electron chi connectivity index (χ0n) is 10.8. The van der Waals surface area contributed by atoms with E-state index in [4.69, 9.17) is 17.3 Å². The summed E-state index contributed by atoms with van der Waals surface area (Å²) in [5, 5.41) is 17.1. The summed E-state index contributed by atoms with van der Waals surface area (Å²) in [6, 6.07) is 5.89. The van der Waals surface area contributed by atoms with Crippen LogP contribution in [0.5, 0.6) is 0 Å². The molecule has 1 amide bonds. The van der Waals surface area contributed by atoms with Crippen molar-refractivity contribution in [3.63, 3.8) is 0 Å². The molecule has 1 aromatic rings. The maximum atomic E-state index is 11.9. The molecule has 1 heterocycles. The Morgan fingerprint density at radius 1 is 1.30 bits per heavy atom. The second-order valence-electron chi connectivity index (χ2n) is 4.23. The fourth-order valence-corrected chi connectivity index (χ4v) is 1.88. The number of carboxylic acid groups (broad SMARTS) is 1. The van der Waals surface area contributed by atoms with Crippen molar-refractivity contribution in [3.05, 3.63) is 29.8 Å². The summed E-state index contributed by atoms with van der Waals surface area (Å²) in [7, 11) is 3.25. The Labute approximate surface area is 120 Å². The molecule has 8 heteroatoms. The summed E-state index contributed by atoms with van der Waals surface area (Å²) >= 11 is 5.06. The van der Waals surface area contributed by atoms with Crippen LogP contribution in [0.3, 0.4) is 0 Å². The third kappa shape index (κ3) is 2.50. The molecule has 1 saturated heterocycles. The van der Waals surface area contributed by atoms with Crippen molar-refractivity contribution >= 4 is 34.9 Å². The maximum absolute atomic E-state index is 11.9. The van der Waals surface area contributed by atoms with Crippen LogP contribution in [-0.2, 0) is 4.79 Å². The number of nitrogens with zero attached hydrogens (tertiary/aromatic N) is 4. The minimum absolute atomic E-state index is 0.166. The van der Waals surface area contributed by atoms with Crippen LogP contribution in [0, 0.1) is 0 Å². The summed E-state index contributed by atoms with van der Waals surface area (Å²) in [6.07, 6.45) is -0.772. The lowest BCUT2D eigenvalue weighted by atomic mass is 10.2. The second-order valence-corrected chi connectivity index (χ2v) is 4.60. The average Bonchev–Trinajstić information content (AvgIpc) is 2.62. The SMILES string of the molecule is CN1C(=O)[C@@H](N=Nc2ccc(C(=O)O)cc2)N(C)C1=S. The van der Waals surface area contributed by atoms with Crippen molar-refractivity contribution in [1.82, 2.24) is 9.80 Å². The number of rotatable bonds is 3. The van der Waals surface area contributed by atoms with Gasteiger partial charge in [0, 0.05) is 14.1 Å². The van der Waals surface area contributed by atoms with E-state index in [-0.39, 0.29) is 11.5 Å². The Morgan fingerprint density at radius 2 is 1.90 bits per heavy atom. The van der Waals surface area contributed by atoms with Gasteiger partial charge >= 0.3 is 5.97 Å². The van der Waals surface area contributed by atoms with Gasteiger partial charge in [-0.3, -0.25) is 9.69 Å². The normalized spacial score (nSPS) is 19.2. The van der Waals surface area contributed by atoms with E-state index in [1.807, 2.05) is 0 Å². The lowest BCUT2D eigenvalue weighted by molar-refractivity contribution is -0.127. The minimum Gasteiger partial charge on any atom is -0.478 e. The first-order chi connectivity index (χ1) is 9.41. The second kappa shape index (κ2) is 5.33. The lowest BCUT2D eigenvalue weighted by Gasteiger charge is -2.12. The number of hydrogen-bond acceptors (Lipinski definition) is 5. The van der Waals surface area contributed by atoms with E-state index in [1.165, 1.54) is 29.2 Å². The van der Waals surface area contributed by atoms with Crippen LogP contribution in [0.25, 0.3) is 0 Å². The lowest BCUT2D eigenvalue weighted by Crippen LogP contribution is -2.28. The van der Waals surface area contributed by atoms with Crippen molar-refractivity contribution in [2.75, 3.05) is 14.1 Å². The number of amides is 1. The number of carboxylic acids is 1. The molecule has 1 N–H and O–H groups in total. The van der Waals surface area contributed by atoms with Gasteiger partial charge in [-0.2, -0.15) is 10.2 Å². The summed E-state index contributed by atoms with van der Waals surface area (Å²) in [6.45, 7) is 0. The smallest absolute Gasteiger partial charge is 0.335 e. The van der Waals surface area contributed by atoms with E-state index in [2.05, 4.69) is 10.2 Å². The Balaban J connectivity index is 2.15. The number of benzene rings is 1. The first kappa shape index (κ1) is 14.1. The Kier molecular flexibility index (Phi) is 3.75. The number of carbonyl (C=O) groups excluding carboxylic acids is 1. The number of aromatic carboxylic acids is 1. The summed E-state index contributed by atoms with van der Waals surface area (Å²) < 4.78 is 0. The van der Waals surface area contributed by atoms with E-state index in [9.17, 15) is 9.59 Å². The molecule has 0 saturated carbocycles. The van der Waals surface area contributed by atoms with E-state index in [0.29, 0.717) is 10.8 Å². The fourth-order valence-electron chi connectivity index (χ4n) is 1.69. The zero-order chi connectivity index (χ0) is 14.9. The Morgan fingerprint density at radius 3 is 2.35 bits per heavy atom. The fraction of sp³-hybridized carbons (Fsp3) is 0.250. The van der Waals surface area contributed by atoms with Crippen molar-refractivity contribution < 1.29 is 14.7 Å². The van der Waals surface area contributed by atoms with Crippen molar-refractivity contribution in [1.29, 1.82) is 0 Å². The van der Waals surface area contributed by atoms with Crippen LogP contribution in [0.1, 0.15) is 10.4 Å². The molecule has 1 aromatic carbocycles. The minimum atomic E-state index is -1.01. The molecule has 20 heavy (non-hydrogen) atoms.